The van der Waals surface area contributed by atoms with Crippen LogP contribution in [0, 0.1) is 11.8 Å². The predicted molar refractivity (Wildman–Crippen MR) is 110 cm³/mol. The molecule has 25 heavy (non-hydrogen) atoms. The maximum Gasteiger partial charge on any atom is 0.327 e. The zero-order chi connectivity index (χ0) is 19.4. The van der Waals surface area contributed by atoms with Gasteiger partial charge in [0, 0.05) is 22.7 Å². The predicted octanol–water partition coefficient (Wildman–Crippen LogP) is 4.28. The van der Waals surface area contributed by atoms with Gasteiger partial charge < -0.3 is 10.4 Å². The highest BCUT2D eigenvalue weighted by atomic mass is 32.2. The van der Waals surface area contributed by atoms with E-state index in [4.69, 9.17) is 0 Å². The largest absolute Gasteiger partial charge is 0.480 e. The first kappa shape index (κ1) is 23.9. The molecule has 0 aliphatic rings. The van der Waals surface area contributed by atoms with Gasteiger partial charge in [0.2, 0.25) is 5.91 Å². The molecule has 0 fully saturated rings. The Bertz CT molecular complexity index is 509. The van der Waals surface area contributed by atoms with Crippen LogP contribution in [0.15, 0.2) is 30.3 Å². The van der Waals surface area contributed by atoms with Gasteiger partial charge in [-0.15, -0.1) is 0 Å². The van der Waals surface area contributed by atoms with E-state index in [0.29, 0.717) is 17.4 Å². The Morgan fingerprint density at radius 1 is 1.16 bits per heavy atom. The molecule has 1 aromatic carbocycles. The van der Waals surface area contributed by atoms with Crippen LogP contribution in [0.4, 0.5) is 0 Å². The summed E-state index contributed by atoms with van der Waals surface area (Å²) in [5.74, 6) is -0.493. The van der Waals surface area contributed by atoms with Crippen molar-refractivity contribution in [1.29, 1.82) is 0 Å². The Morgan fingerprint density at radius 3 is 2.16 bits per heavy atom. The molecule has 0 saturated heterocycles. The fraction of sp³-hybridized carbons (Fsp3) is 0.579. The average Bonchev–Trinajstić information content (AvgIpc) is 2.62. The quantitative estimate of drug-likeness (QED) is 0.555. The summed E-state index contributed by atoms with van der Waals surface area (Å²) in [6.45, 7) is 9.96. The highest BCUT2D eigenvalue weighted by Crippen LogP contribution is 2.35. The summed E-state index contributed by atoms with van der Waals surface area (Å²) >= 11 is 5.64. The van der Waals surface area contributed by atoms with Gasteiger partial charge in [-0.2, -0.15) is 24.4 Å². The van der Waals surface area contributed by atoms with Crippen molar-refractivity contribution in [2.45, 2.75) is 45.9 Å². The van der Waals surface area contributed by atoms with E-state index >= 15 is 0 Å². The molecule has 0 spiro atoms. The second-order valence-corrected chi connectivity index (χ2v) is 7.43. The number of thiol groups is 1. The van der Waals surface area contributed by atoms with Gasteiger partial charge >= 0.3 is 5.97 Å². The summed E-state index contributed by atoms with van der Waals surface area (Å²) in [6, 6.07) is 9.14. The summed E-state index contributed by atoms with van der Waals surface area (Å²) in [5, 5.41) is 12.1. The van der Waals surface area contributed by atoms with Crippen molar-refractivity contribution in [3.8, 4) is 0 Å². The van der Waals surface area contributed by atoms with E-state index in [1.54, 1.807) is 18.7 Å². The Hall–Kier alpha value is -1.14. The van der Waals surface area contributed by atoms with Crippen LogP contribution in [0.3, 0.4) is 0 Å². The average molecular weight is 386 g/mol. The van der Waals surface area contributed by atoms with Gasteiger partial charge in [0.1, 0.15) is 6.04 Å². The summed E-state index contributed by atoms with van der Waals surface area (Å²) in [7, 11) is 0. The van der Waals surface area contributed by atoms with Crippen molar-refractivity contribution in [1.82, 2.24) is 5.32 Å². The summed E-state index contributed by atoms with van der Waals surface area (Å²) in [4.78, 5) is 23.3. The molecule has 0 aliphatic heterocycles. The molecule has 2 N–H and O–H groups in total. The van der Waals surface area contributed by atoms with Crippen molar-refractivity contribution in [2.75, 3.05) is 11.5 Å². The lowest BCUT2D eigenvalue weighted by Crippen LogP contribution is -2.45. The molecule has 3 atom stereocenters. The van der Waals surface area contributed by atoms with E-state index in [1.165, 1.54) is 5.56 Å². The monoisotopic (exact) mass is 385 g/mol. The van der Waals surface area contributed by atoms with Crippen molar-refractivity contribution in [2.24, 2.45) is 11.8 Å². The van der Waals surface area contributed by atoms with E-state index in [-0.39, 0.29) is 17.1 Å². The number of amides is 1. The smallest absolute Gasteiger partial charge is 0.327 e. The van der Waals surface area contributed by atoms with E-state index in [1.807, 2.05) is 32.0 Å². The molecule has 1 aromatic rings. The molecule has 1 amide bonds. The Morgan fingerprint density at radius 2 is 1.72 bits per heavy atom. The number of carbonyl (C=O) groups excluding carboxylic acids is 1. The first-order chi connectivity index (χ1) is 11.9. The third-order valence-electron chi connectivity index (χ3n) is 3.51. The van der Waals surface area contributed by atoms with Crippen molar-refractivity contribution in [3.05, 3.63) is 35.9 Å². The molecule has 0 aliphatic carbocycles. The molecule has 1 rings (SSSR count). The number of benzene rings is 1. The van der Waals surface area contributed by atoms with E-state index < -0.39 is 12.0 Å². The third-order valence-corrected chi connectivity index (χ3v) is 5.76. The molecule has 0 radical (unpaired) electrons. The molecule has 0 bridgehead atoms. The minimum absolute atomic E-state index is 0.192. The third kappa shape index (κ3) is 8.68. The van der Waals surface area contributed by atoms with Crippen LogP contribution in [-0.4, -0.2) is 34.5 Å². The number of hydrogen-bond acceptors (Lipinski definition) is 4. The first-order valence-corrected chi connectivity index (χ1v) is 10.4. The summed E-state index contributed by atoms with van der Waals surface area (Å²) in [5.41, 5.74) is 1.17. The maximum absolute atomic E-state index is 11.9. The lowest BCUT2D eigenvalue weighted by molar-refractivity contribution is -0.141. The fourth-order valence-electron chi connectivity index (χ4n) is 2.09. The maximum atomic E-state index is 11.9. The topological polar surface area (TPSA) is 66.4 Å². The molecule has 4 nitrogen and oxygen atoms in total. The van der Waals surface area contributed by atoms with E-state index in [2.05, 4.69) is 43.9 Å². The van der Waals surface area contributed by atoms with Gasteiger partial charge in [-0.3, -0.25) is 4.79 Å². The van der Waals surface area contributed by atoms with Crippen molar-refractivity contribution >= 4 is 36.3 Å². The molecule has 0 heterocycles. The van der Waals surface area contributed by atoms with Gasteiger partial charge in [0.05, 0.1) is 0 Å². The van der Waals surface area contributed by atoms with Gasteiger partial charge in [-0.05, 0) is 11.5 Å². The second kappa shape index (κ2) is 13.1. The lowest BCUT2D eigenvalue weighted by Gasteiger charge is -2.23. The Balaban J connectivity index is 0.00000277. The number of carbonyl (C=O) groups is 2. The molecule has 1 unspecified atom stereocenters. The van der Waals surface area contributed by atoms with E-state index in [9.17, 15) is 14.7 Å². The zero-order valence-corrected chi connectivity index (χ0v) is 17.4. The van der Waals surface area contributed by atoms with Crippen LogP contribution in [0.25, 0.3) is 0 Å². The number of aliphatic carboxylic acids is 1. The Kier molecular flexibility index (Phi) is 12.5. The van der Waals surface area contributed by atoms with Gasteiger partial charge in [0.25, 0.3) is 0 Å². The standard InChI is InChI=1S/C17H25NO3S2.C2H6/c1-11(2)15(13-7-5-4-6-8-13)23-10-14(17(20)21)18-16(19)12(3)9-22;1-2/h4-8,11-12,14-15,22H,9-10H2,1-3H3,(H,18,19)(H,20,21);1-2H3/t12-,14+,15?;/m1./s1. The molecular formula is C19H31NO3S2. The second-order valence-electron chi connectivity index (χ2n) is 5.89. The first-order valence-electron chi connectivity index (χ1n) is 8.67. The number of carboxylic acids is 1. The summed E-state index contributed by atoms with van der Waals surface area (Å²) < 4.78 is 0. The van der Waals surface area contributed by atoms with Crippen LogP contribution in [0.2, 0.25) is 0 Å². The van der Waals surface area contributed by atoms with Crippen LogP contribution in [0.1, 0.15) is 45.4 Å². The molecule has 0 saturated carbocycles. The lowest BCUT2D eigenvalue weighted by atomic mass is 10.0. The minimum Gasteiger partial charge on any atom is -0.480 e. The highest BCUT2D eigenvalue weighted by Gasteiger charge is 2.25. The van der Waals surface area contributed by atoms with Crippen LogP contribution < -0.4 is 5.32 Å². The molecule has 0 aromatic heterocycles. The van der Waals surface area contributed by atoms with Gasteiger partial charge in [0.15, 0.2) is 0 Å². The number of carboxylic acid groups (broad SMARTS) is 1. The molecular weight excluding hydrogens is 354 g/mol. The van der Waals surface area contributed by atoms with Crippen LogP contribution in [-0.2, 0) is 9.59 Å². The van der Waals surface area contributed by atoms with Crippen LogP contribution >= 0.6 is 24.4 Å². The SMILES string of the molecule is CC.CC(C)C(SC[C@H](NC(=O)[C@H](C)CS)C(=O)O)c1ccccc1. The van der Waals surface area contributed by atoms with E-state index in [0.717, 1.165) is 0 Å². The van der Waals surface area contributed by atoms with Crippen molar-refractivity contribution < 1.29 is 14.7 Å². The Labute approximate surface area is 161 Å². The number of rotatable bonds is 9. The molecule has 6 heteroatoms. The van der Waals surface area contributed by atoms with Gasteiger partial charge in [-0.25, -0.2) is 4.79 Å². The molecule has 142 valence electrons. The van der Waals surface area contributed by atoms with Crippen molar-refractivity contribution in [3.63, 3.8) is 0 Å². The van der Waals surface area contributed by atoms with Gasteiger partial charge in [-0.1, -0.05) is 65.0 Å². The number of thioether (sulfide) groups is 1. The number of nitrogens with one attached hydrogen (secondary N) is 1. The number of hydrogen-bond donors (Lipinski definition) is 3. The zero-order valence-electron chi connectivity index (χ0n) is 15.7. The minimum atomic E-state index is -1.01. The van der Waals surface area contributed by atoms with Crippen LogP contribution in [0.5, 0.6) is 0 Å². The fourth-order valence-corrected chi connectivity index (χ4v) is 3.61. The normalized spacial score (nSPS) is 14.0. The summed E-state index contributed by atoms with van der Waals surface area (Å²) in [6.07, 6.45) is 0. The highest BCUT2D eigenvalue weighted by molar-refractivity contribution is 7.99.